The van der Waals surface area contributed by atoms with Gasteiger partial charge in [0.2, 0.25) is 0 Å². The first-order valence-electron chi connectivity index (χ1n) is 6.40. The van der Waals surface area contributed by atoms with Crippen LogP contribution in [0.15, 0.2) is 36.7 Å². The van der Waals surface area contributed by atoms with Crippen LogP contribution >= 0.6 is 0 Å². The SMILES string of the molecule is CC(c1cccc([N+](=O)[O-])c1)N(C)C(=O)c1cnn(C)c1. The normalized spacial score (nSPS) is 12.0. The maximum atomic E-state index is 12.3. The molecule has 1 heterocycles. The van der Waals surface area contributed by atoms with Crippen molar-refractivity contribution in [2.75, 3.05) is 7.05 Å². The number of carbonyl (C=O) groups excluding carboxylic acids is 1. The molecule has 110 valence electrons. The summed E-state index contributed by atoms with van der Waals surface area (Å²) in [5.41, 5.74) is 1.21. The van der Waals surface area contributed by atoms with Crippen molar-refractivity contribution in [2.45, 2.75) is 13.0 Å². The molecule has 1 aromatic carbocycles. The summed E-state index contributed by atoms with van der Waals surface area (Å²) in [6.45, 7) is 1.83. The Labute approximate surface area is 121 Å². The van der Waals surface area contributed by atoms with Crippen LogP contribution in [0.2, 0.25) is 0 Å². The van der Waals surface area contributed by atoms with Crippen molar-refractivity contribution in [3.63, 3.8) is 0 Å². The molecule has 0 saturated heterocycles. The molecule has 0 saturated carbocycles. The van der Waals surface area contributed by atoms with Gasteiger partial charge in [0.15, 0.2) is 0 Å². The number of aryl methyl sites for hydroxylation is 1. The molecule has 7 nitrogen and oxygen atoms in total. The highest BCUT2D eigenvalue weighted by Crippen LogP contribution is 2.24. The van der Waals surface area contributed by atoms with Crippen molar-refractivity contribution in [1.29, 1.82) is 0 Å². The van der Waals surface area contributed by atoms with Crippen LogP contribution in [0.5, 0.6) is 0 Å². The molecule has 1 atom stereocenters. The summed E-state index contributed by atoms with van der Waals surface area (Å²) >= 11 is 0. The number of hydrogen-bond donors (Lipinski definition) is 0. The van der Waals surface area contributed by atoms with Gasteiger partial charge in [-0.15, -0.1) is 0 Å². The number of non-ortho nitro benzene ring substituents is 1. The molecule has 7 heteroatoms. The molecule has 0 aliphatic heterocycles. The molecule has 0 aliphatic rings. The Morgan fingerprint density at radius 2 is 2.19 bits per heavy atom. The minimum atomic E-state index is -0.445. The molecular weight excluding hydrogens is 272 g/mol. The van der Waals surface area contributed by atoms with E-state index in [9.17, 15) is 14.9 Å². The van der Waals surface area contributed by atoms with E-state index in [1.54, 1.807) is 37.1 Å². The zero-order valence-electron chi connectivity index (χ0n) is 12.1. The fourth-order valence-electron chi connectivity index (χ4n) is 2.03. The van der Waals surface area contributed by atoms with Crippen molar-refractivity contribution in [3.8, 4) is 0 Å². The van der Waals surface area contributed by atoms with Crippen molar-refractivity contribution >= 4 is 11.6 Å². The Morgan fingerprint density at radius 3 is 2.76 bits per heavy atom. The van der Waals surface area contributed by atoms with Crippen molar-refractivity contribution < 1.29 is 9.72 Å². The summed E-state index contributed by atoms with van der Waals surface area (Å²) in [6, 6.07) is 6.02. The zero-order valence-corrected chi connectivity index (χ0v) is 12.1. The van der Waals surface area contributed by atoms with Gasteiger partial charge in [-0.05, 0) is 12.5 Å². The van der Waals surface area contributed by atoms with Gasteiger partial charge in [0.25, 0.3) is 11.6 Å². The summed E-state index contributed by atoms with van der Waals surface area (Å²) in [5, 5.41) is 14.8. The number of aromatic nitrogens is 2. The summed E-state index contributed by atoms with van der Waals surface area (Å²) in [6.07, 6.45) is 3.14. The first-order chi connectivity index (χ1) is 9.90. The first kappa shape index (κ1) is 14.7. The number of hydrogen-bond acceptors (Lipinski definition) is 4. The lowest BCUT2D eigenvalue weighted by molar-refractivity contribution is -0.384. The van der Waals surface area contributed by atoms with E-state index in [4.69, 9.17) is 0 Å². The number of benzene rings is 1. The minimum absolute atomic E-state index is 0.0153. The minimum Gasteiger partial charge on any atom is -0.335 e. The van der Waals surface area contributed by atoms with E-state index < -0.39 is 4.92 Å². The van der Waals surface area contributed by atoms with Crippen LogP contribution in [0.25, 0.3) is 0 Å². The van der Waals surface area contributed by atoms with Gasteiger partial charge in [0.05, 0.1) is 22.7 Å². The molecule has 2 rings (SSSR count). The van der Waals surface area contributed by atoms with Crippen molar-refractivity contribution in [3.05, 3.63) is 57.9 Å². The molecular formula is C14H16N4O3. The van der Waals surface area contributed by atoms with E-state index >= 15 is 0 Å². The number of nitro groups is 1. The second kappa shape index (κ2) is 5.74. The van der Waals surface area contributed by atoms with Gasteiger partial charge in [0.1, 0.15) is 0 Å². The zero-order chi connectivity index (χ0) is 15.6. The van der Waals surface area contributed by atoms with E-state index in [0.29, 0.717) is 11.1 Å². The lowest BCUT2D eigenvalue weighted by atomic mass is 10.1. The molecule has 1 unspecified atom stereocenters. The van der Waals surface area contributed by atoms with Crippen molar-refractivity contribution in [2.24, 2.45) is 7.05 Å². The number of rotatable bonds is 4. The third-order valence-electron chi connectivity index (χ3n) is 3.42. The van der Waals surface area contributed by atoms with Crippen LogP contribution in [0.3, 0.4) is 0 Å². The van der Waals surface area contributed by atoms with E-state index in [2.05, 4.69) is 5.10 Å². The summed E-state index contributed by atoms with van der Waals surface area (Å²) < 4.78 is 1.55. The van der Waals surface area contributed by atoms with E-state index in [-0.39, 0.29) is 17.6 Å². The molecule has 0 fully saturated rings. The molecule has 0 radical (unpaired) electrons. The highest BCUT2D eigenvalue weighted by atomic mass is 16.6. The number of amides is 1. The Bertz CT molecular complexity index is 680. The monoisotopic (exact) mass is 288 g/mol. The van der Waals surface area contributed by atoms with Crippen LogP contribution < -0.4 is 0 Å². The Balaban J connectivity index is 2.22. The average molecular weight is 288 g/mol. The topological polar surface area (TPSA) is 81.3 Å². The van der Waals surface area contributed by atoms with E-state index in [1.807, 2.05) is 6.92 Å². The number of carbonyl (C=O) groups is 1. The van der Waals surface area contributed by atoms with Crippen LogP contribution in [-0.4, -0.2) is 32.6 Å². The highest BCUT2D eigenvalue weighted by Gasteiger charge is 2.21. The fourth-order valence-corrected chi connectivity index (χ4v) is 2.03. The summed E-state index contributed by atoms with van der Waals surface area (Å²) in [5.74, 6) is -0.179. The lowest BCUT2D eigenvalue weighted by Gasteiger charge is -2.24. The maximum Gasteiger partial charge on any atom is 0.269 e. The third kappa shape index (κ3) is 3.07. The smallest absolute Gasteiger partial charge is 0.269 e. The van der Waals surface area contributed by atoms with Crippen molar-refractivity contribution in [1.82, 2.24) is 14.7 Å². The molecule has 21 heavy (non-hydrogen) atoms. The molecule has 1 amide bonds. The van der Waals surface area contributed by atoms with Gasteiger partial charge in [0, 0.05) is 32.4 Å². The van der Waals surface area contributed by atoms with Gasteiger partial charge in [-0.25, -0.2) is 0 Å². The Morgan fingerprint density at radius 1 is 1.48 bits per heavy atom. The van der Waals surface area contributed by atoms with Gasteiger partial charge in [-0.2, -0.15) is 5.10 Å². The molecule has 0 bridgehead atoms. The lowest BCUT2D eigenvalue weighted by Crippen LogP contribution is -2.29. The van der Waals surface area contributed by atoms with Gasteiger partial charge in [-0.1, -0.05) is 12.1 Å². The molecule has 0 spiro atoms. The molecule has 2 aromatic rings. The standard InChI is InChI=1S/C14H16N4O3/c1-10(11-5-4-6-13(7-11)18(20)21)17(3)14(19)12-8-15-16(2)9-12/h4-10H,1-3H3. The first-order valence-corrected chi connectivity index (χ1v) is 6.40. The molecule has 0 aliphatic carbocycles. The predicted molar refractivity (Wildman–Crippen MR) is 76.8 cm³/mol. The van der Waals surface area contributed by atoms with Crippen LogP contribution in [0, 0.1) is 10.1 Å². The van der Waals surface area contributed by atoms with Crippen LogP contribution in [-0.2, 0) is 7.05 Å². The quantitative estimate of drug-likeness (QED) is 0.637. The fraction of sp³-hybridized carbons (Fsp3) is 0.286. The Kier molecular flexibility index (Phi) is 4.02. The number of nitro benzene ring substituents is 1. The highest BCUT2D eigenvalue weighted by molar-refractivity contribution is 5.93. The maximum absolute atomic E-state index is 12.3. The second-order valence-electron chi connectivity index (χ2n) is 4.85. The third-order valence-corrected chi connectivity index (χ3v) is 3.42. The summed E-state index contributed by atoms with van der Waals surface area (Å²) in [4.78, 5) is 24.2. The molecule has 0 N–H and O–H groups in total. The second-order valence-corrected chi connectivity index (χ2v) is 4.85. The van der Waals surface area contributed by atoms with Gasteiger partial charge in [-0.3, -0.25) is 19.6 Å². The van der Waals surface area contributed by atoms with E-state index in [1.165, 1.54) is 23.2 Å². The predicted octanol–water partition coefficient (Wildman–Crippen LogP) is 2.16. The van der Waals surface area contributed by atoms with E-state index in [0.717, 1.165) is 0 Å². The van der Waals surface area contributed by atoms with Crippen LogP contribution in [0.1, 0.15) is 28.9 Å². The number of nitrogens with zero attached hydrogens (tertiary/aromatic N) is 4. The summed E-state index contributed by atoms with van der Waals surface area (Å²) in [7, 11) is 3.40. The van der Waals surface area contributed by atoms with Gasteiger partial charge < -0.3 is 4.90 Å². The van der Waals surface area contributed by atoms with Crippen LogP contribution in [0.4, 0.5) is 5.69 Å². The average Bonchev–Trinajstić information content (AvgIpc) is 2.91. The Hall–Kier alpha value is -2.70. The largest absolute Gasteiger partial charge is 0.335 e. The van der Waals surface area contributed by atoms with Gasteiger partial charge >= 0.3 is 0 Å². The molecule has 1 aromatic heterocycles.